The molecule has 0 atom stereocenters. The van der Waals surface area contributed by atoms with E-state index in [9.17, 15) is 4.39 Å². The summed E-state index contributed by atoms with van der Waals surface area (Å²) in [6.45, 7) is 1.80. The lowest BCUT2D eigenvalue weighted by atomic mass is 10.2. The van der Waals surface area contributed by atoms with Crippen LogP contribution in [0, 0.1) is 5.82 Å². The number of hydrogen-bond donors (Lipinski definition) is 1. The Morgan fingerprint density at radius 3 is 2.68 bits per heavy atom. The third kappa shape index (κ3) is 6.39. The van der Waals surface area contributed by atoms with Crippen molar-refractivity contribution in [2.45, 2.75) is 44.6 Å². The molecule has 0 heterocycles. The van der Waals surface area contributed by atoms with Crippen LogP contribution in [0.25, 0.3) is 0 Å². The third-order valence-corrected chi connectivity index (χ3v) is 3.64. The number of halogens is 2. The van der Waals surface area contributed by atoms with E-state index in [-0.39, 0.29) is 5.82 Å². The lowest BCUT2D eigenvalue weighted by Crippen LogP contribution is -2.17. The maximum Gasteiger partial charge on any atom is 0.128 e. The van der Waals surface area contributed by atoms with E-state index in [1.165, 1.54) is 44.2 Å². The van der Waals surface area contributed by atoms with Gasteiger partial charge in [0.1, 0.15) is 11.6 Å². The van der Waals surface area contributed by atoms with Crippen LogP contribution >= 0.6 is 15.9 Å². The van der Waals surface area contributed by atoms with E-state index in [0.29, 0.717) is 16.8 Å². The molecule has 0 unspecified atom stereocenters. The van der Waals surface area contributed by atoms with Crippen LogP contribution in [0.3, 0.4) is 0 Å². The standard InChI is InChI=1S/C15H21BrFNO/c16-12-9-13(17)11-15(10-12)19-8-4-2-1-3-7-18-14-5-6-14/h9-11,14,18H,1-8H2. The predicted octanol–water partition coefficient (Wildman–Crippen LogP) is 4.28. The van der Waals surface area contributed by atoms with Crippen molar-refractivity contribution >= 4 is 15.9 Å². The second-order valence-electron chi connectivity index (χ2n) is 5.10. The van der Waals surface area contributed by atoms with Crippen molar-refractivity contribution in [1.82, 2.24) is 5.32 Å². The lowest BCUT2D eigenvalue weighted by molar-refractivity contribution is 0.303. The van der Waals surface area contributed by atoms with Crippen molar-refractivity contribution in [2.75, 3.05) is 13.2 Å². The highest BCUT2D eigenvalue weighted by Crippen LogP contribution is 2.21. The molecular formula is C15H21BrFNO. The first-order valence-electron chi connectivity index (χ1n) is 7.06. The van der Waals surface area contributed by atoms with Gasteiger partial charge in [-0.05, 0) is 44.4 Å². The zero-order chi connectivity index (χ0) is 13.5. The van der Waals surface area contributed by atoms with Gasteiger partial charge in [0.15, 0.2) is 0 Å². The van der Waals surface area contributed by atoms with E-state index in [4.69, 9.17) is 4.74 Å². The molecule has 1 aromatic rings. The molecular weight excluding hydrogens is 309 g/mol. The summed E-state index contributed by atoms with van der Waals surface area (Å²) in [7, 11) is 0. The number of unbranched alkanes of at least 4 members (excludes halogenated alkanes) is 3. The summed E-state index contributed by atoms with van der Waals surface area (Å²) < 4.78 is 19.3. The molecule has 4 heteroatoms. The van der Waals surface area contributed by atoms with Gasteiger partial charge >= 0.3 is 0 Å². The van der Waals surface area contributed by atoms with Crippen molar-refractivity contribution in [3.63, 3.8) is 0 Å². The minimum absolute atomic E-state index is 0.268. The van der Waals surface area contributed by atoms with Crippen molar-refractivity contribution in [1.29, 1.82) is 0 Å². The Balaban J connectivity index is 1.48. The van der Waals surface area contributed by atoms with Gasteiger partial charge in [0, 0.05) is 16.6 Å². The fourth-order valence-electron chi connectivity index (χ4n) is 1.98. The Labute approximate surface area is 122 Å². The van der Waals surface area contributed by atoms with E-state index >= 15 is 0 Å². The van der Waals surface area contributed by atoms with Crippen LogP contribution in [-0.4, -0.2) is 19.2 Å². The minimum Gasteiger partial charge on any atom is -0.493 e. The number of hydrogen-bond acceptors (Lipinski definition) is 2. The summed E-state index contributed by atoms with van der Waals surface area (Å²) in [4.78, 5) is 0. The summed E-state index contributed by atoms with van der Waals surface area (Å²) >= 11 is 3.25. The molecule has 1 N–H and O–H groups in total. The average Bonchev–Trinajstić information content (AvgIpc) is 3.15. The van der Waals surface area contributed by atoms with E-state index in [0.717, 1.165) is 19.0 Å². The van der Waals surface area contributed by atoms with Crippen LogP contribution in [0.2, 0.25) is 0 Å². The number of ether oxygens (including phenoxy) is 1. The molecule has 0 aromatic heterocycles. The molecule has 19 heavy (non-hydrogen) atoms. The Morgan fingerprint density at radius 1 is 1.16 bits per heavy atom. The van der Waals surface area contributed by atoms with E-state index < -0.39 is 0 Å². The molecule has 0 amide bonds. The van der Waals surface area contributed by atoms with Gasteiger partial charge in [-0.1, -0.05) is 28.8 Å². The molecule has 0 aliphatic heterocycles. The summed E-state index contributed by atoms with van der Waals surface area (Å²) in [6, 6.07) is 5.46. The van der Waals surface area contributed by atoms with Gasteiger partial charge in [0.25, 0.3) is 0 Å². The quantitative estimate of drug-likeness (QED) is 0.683. The van der Waals surface area contributed by atoms with Crippen LogP contribution in [0.5, 0.6) is 5.75 Å². The maximum absolute atomic E-state index is 13.1. The average molecular weight is 330 g/mol. The molecule has 0 bridgehead atoms. The molecule has 1 aliphatic carbocycles. The lowest BCUT2D eigenvalue weighted by Gasteiger charge is -2.07. The number of rotatable bonds is 9. The molecule has 2 nitrogen and oxygen atoms in total. The van der Waals surface area contributed by atoms with Gasteiger partial charge in [-0.15, -0.1) is 0 Å². The fourth-order valence-corrected chi connectivity index (χ4v) is 2.42. The molecule has 0 radical (unpaired) electrons. The molecule has 1 saturated carbocycles. The van der Waals surface area contributed by atoms with E-state index in [1.807, 2.05) is 0 Å². The first kappa shape index (κ1) is 14.8. The van der Waals surface area contributed by atoms with E-state index in [1.54, 1.807) is 6.07 Å². The molecule has 0 spiro atoms. The number of benzene rings is 1. The highest BCUT2D eigenvalue weighted by Gasteiger charge is 2.19. The SMILES string of the molecule is Fc1cc(Br)cc(OCCCCCCNC2CC2)c1. The molecule has 1 fully saturated rings. The summed E-state index contributed by atoms with van der Waals surface area (Å²) in [5.74, 6) is 0.331. The molecule has 2 rings (SSSR count). The zero-order valence-electron chi connectivity index (χ0n) is 11.1. The highest BCUT2D eigenvalue weighted by molar-refractivity contribution is 9.10. The smallest absolute Gasteiger partial charge is 0.128 e. The third-order valence-electron chi connectivity index (χ3n) is 3.19. The highest BCUT2D eigenvalue weighted by atomic mass is 79.9. The van der Waals surface area contributed by atoms with Gasteiger partial charge in [-0.25, -0.2) is 4.39 Å². The van der Waals surface area contributed by atoms with E-state index in [2.05, 4.69) is 21.2 Å². The van der Waals surface area contributed by atoms with Crippen LogP contribution < -0.4 is 10.1 Å². The molecule has 1 aliphatic rings. The van der Waals surface area contributed by atoms with Gasteiger partial charge in [-0.2, -0.15) is 0 Å². The minimum atomic E-state index is -0.268. The Bertz CT molecular complexity index is 375. The normalized spacial score (nSPS) is 14.6. The van der Waals surface area contributed by atoms with Crippen molar-refractivity contribution in [2.24, 2.45) is 0 Å². The first-order chi connectivity index (χ1) is 9.24. The van der Waals surface area contributed by atoms with Crippen molar-refractivity contribution in [3.8, 4) is 5.75 Å². The van der Waals surface area contributed by atoms with Crippen LogP contribution in [0.1, 0.15) is 38.5 Å². The second-order valence-corrected chi connectivity index (χ2v) is 6.01. The second kappa shape index (κ2) is 7.85. The largest absolute Gasteiger partial charge is 0.493 e. The topological polar surface area (TPSA) is 21.3 Å². The van der Waals surface area contributed by atoms with Crippen LogP contribution in [0.4, 0.5) is 4.39 Å². The van der Waals surface area contributed by atoms with Crippen molar-refractivity contribution in [3.05, 3.63) is 28.5 Å². The predicted molar refractivity (Wildman–Crippen MR) is 79.1 cm³/mol. The Kier molecular flexibility index (Phi) is 6.11. The monoisotopic (exact) mass is 329 g/mol. The summed E-state index contributed by atoms with van der Waals surface area (Å²) in [5.41, 5.74) is 0. The Hall–Kier alpha value is -0.610. The van der Waals surface area contributed by atoms with Gasteiger partial charge < -0.3 is 10.1 Å². The van der Waals surface area contributed by atoms with Crippen molar-refractivity contribution < 1.29 is 9.13 Å². The van der Waals surface area contributed by atoms with Crippen LogP contribution in [-0.2, 0) is 0 Å². The molecule has 0 saturated heterocycles. The molecule has 106 valence electrons. The van der Waals surface area contributed by atoms with Gasteiger partial charge in [0.2, 0.25) is 0 Å². The van der Waals surface area contributed by atoms with Gasteiger partial charge in [0.05, 0.1) is 6.61 Å². The zero-order valence-corrected chi connectivity index (χ0v) is 12.7. The first-order valence-corrected chi connectivity index (χ1v) is 7.85. The summed E-state index contributed by atoms with van der Waals surface area (Å²) in [6.07, 6.45) is 7.38. The Morgan fingerprint density at radius 2 is 1.95 bits per heavy atom. The number of nitrogens with one attached hydrogen (secondary N) is 1. The summed E-state index contributed by atoms with van der Waals surface area (Å²) in [5, 5.41) is 3.51. The molecule has 1 aromatic carbocycles. The maximum atomic E-state index is 13.1. The fraction of sp³-hybridized carbons (Fsp3) is 0.600. The van der Waals surface area contributed by atoms with Gasteiger partial charge in [-0.3, -0.25) is 0 Å². The van der Waals surface area contributed by atoms with Crippen LogP contribution in [0.15, 0.2) is 22.7 Å².